The van der Waals surface area contributed by atoms with E-state index in [1.54, 1.807) is 25.1 Å². The number of primary amides is 1. The molecule has 3 atom stereocenters. The van der Waals surface area contributed by atoms with Gasteiger partial charge in [0, 0.05) is 11.6 Å². The lowest BCUT2D eigenvalue weighted by molar-refractivity contribution is -0.125. The van der Waals surface area contributed by atoms with Crippen molar-refractivity contribution in [2.75, 3.05) is 13.7 Å². The number of rotatable bonds is 6. The Labute approximate surface area is 154 Å². The van der Waals surface area contributed by atoms with Crippen LogP contribution in [-0.4, -0.2) is 47.5 Å². The normalized spacial score (nSPS) is 24.7. The molecule has 27 heavy (non-hydrogen) atoms. The summed E-state index contributed by atoms with van der Waals surface area (Å²) >= 11 is 0. The highest BCUT2D eigenvalue weighted by Gasteiger charge is 2.52. The summed E-state index contributed by atoms with van der Waals surface area (Å²) in [5, 5.41) is 14.0. The van der Waals surface area contributed by atoms with E-state index in [-0.39, 0.29) is 30.2 Å². The lowest BCUT2D eigenvalue weighted by atomic mass is 9.93. The van der Waals surface area contributed by atoms with Crippen molar-refractivity contribution < 1.29 is 28.6 Å². The number of aliphatic hydroxyl groups is 1. The van der Waals surface area contributed by atoms with Crippen molar-refractivity contribution in [3.63, 3.8) is 0 Å². The van der Waals surface area contributed by atoms with Gasteiger partial charge in [0.1, 0.15) is 12.4 Å². The highest BCUT2D eigenvalue weighted by Crippen LogP contribution is 2.34. The van der Waals surface area contributed by atoms with Crippen LogP contribution in [0.25, 0.3) is 10.8 Å². The summed E-state index contributed by atoms with van der Waals surface area (Å²) in [6, 6.07) is 4.75. The first kappa shape index (κ1) is 18.8. The Bertz CT molecular complexity index is 906. The molecule has 1 aromatic heterocycles. The number of nitrogens with zero attached hydrogens (tertiary/aromatic N) is 1. The maximum Gasteiger partial charge on any atom is 0.257 e. The summed E-state index contributed by atoms with van der Waals surface area (Å²) in [5.41, 5.74) is 3.72. The van der Waals surface area contributed by atoms with E-state index in [1.165, 1.54) is 13.3 Å². The number of benzene rings is 1. The number of pyridine rings is 1. The van der Waals surface area contributed by atoms with E-state index in [4.69, 9.17) is 15.2 Å². The van der Waals surface area contributed by atoms with Crippen molar-refractivity contribution >= 4 is 22.6 Å². The largest absolute Gasteiger partial charge is 0.496 e. The Kier molecular flexibility index (Phi) is 4.88. The van der Waals surface area contributed by atoms with E-state index in [9.17, 15) is 19.1 Å². The Balaban J connectivity index is 1.94. The van der Waals surface area contributed by atoms with E-state index in [0.29, 0.717) is 10.8 Å². The van der Waals surface area contributed by atoms with Gasteiger partial charge in [-0.15, -0.1) is 0 Å². The third-order valence-electron chi connectivity index (χ3n) is 4.74. The van der Waals surface area contributed by atoms with E-state index in [2.05, 4.69) is 10.3 Å². The van der Waals surface area contributed by atoms with Gasteiger partial charge in [-0.25, -0.2) is 9.37 Å². The highest BCUT2D eigenvalue weighted by molar-refractivity contribution is 6.01. The molecule has 1 aliphatic heterocycles. The van der Waals surface area contributed by atoms with E-state index in [0.717, 1.165) is 0 Å². The number of hydrogen-bond donors (Lipinski definition) is 3. The average molecular weight is 377 g/mol. The van der Waals surface area contributed by atoms with Gasteiger partial charge < -0.3 is 25.6 Å². The maximum absolute atomic E-state index is 14.0. The summed E-state index contributed by atoms with van der Waals surface area (Å²) in [7, 11) is 1.40. The molecule has 0 aliphatic carbocycles. The minimum absolute atomic E-state index is 0.140. The van der Waals surface area contributed by atoms with Crippen molar-refractivity contribution in [3.05, 3.63) is 30.0 Å². The van der Waals surface area contributed by atoms with Crippen LogP contribution in [0.3, 0.4) is 0 Å². The molecule has 2 amide bonds. The Morgan fingerprint density at radius 2 is 2.22 bits per heavy atom. The molecule has 1 aliphatic rings. The third kappa shape index (κ3) is 3.25. The number of halogens is 1. The Hall–Kier alpha value is -2.94. The van der Waals surface area contributed by atoms with Crippen LogP contribution in [0.4, 0.5) is 4.39 Å². The van der Waals surface area contributed by atoms with E-state index in [1.807, 2.05) is 0 Å². The summed E-state index contributed by atoms with van der Waals surface area (Å²) < 4.78 is 24.8. The number of hydrogen-bond acceptors (Lipinski definition) is 6. The fourth-order valence-electron chi connectivity index (χ4n) is 3.32. The molecule has 1 saturated heterocycles. The lowest BCUT2D eigenvalue weighted by Crippen LogP contribution is -2.51. The predicted molar refractivity (Wildman–Crippen MR) is 94.1 cm³/mol. The first-order chi connectivity index (χ1) is 12.8. The lowest BCUT2D eigenvalue weighted by Gasteiger charge is -2.28. The average Bonchev–Trinajstić information content (AvgIpc) is 2.87. The topological polar surface area (TPSA) is 124 Å². The van der Waals surface area contributed by atoms with Gasteiger partial charge in [-0.05, 0) is 30.0 Å². The van der Waals surface area contributed by atoms with Crippen LogP contribution in [0.1, 0.15) is 23.7 Å². The smallest absolute Gasteiger partial charge is 0.257 e. The first-order valence-corrected chi connectivity index (χ1v) is 8.38. The van der Waals surface area contributed by atoms with Gasteiger partial charge >= 0.3 is 0 Å². The molecule has 9 heteroatoms. The monoisotopic (exact) mass is 377 g/mol. The van der Waals surface area contributed by atoms with Crippen LogP contribution in [0.2, 0.25) is 0 Å². The third-order valence-corrected chi connectivity index (χ3v) is 4.74. The second-order valence-corrected chi connectivity index (χ2v) is 6.37. The zero-order valence-electron chi connectivity index (χ0n) is 14.9. The molecule has 0 radical (unpaired) electrons. The summed E-state index contributed by atoms with van der Waals surface area (Å²) in [6.45, 7) is 1.29. The second kappa shape index (κ2) is 6.99. The quantitative estimate of drug-likeness (QED) is 0.687. The predicted octanol–water partition coefficient (Wildman–Crippen LogP) is 0.904. The number of nitrogens with two attached hydrogens (primary N) is 1. The highest BCUT2D eigenvalue weighted by atomic mass is 19.1. The molecule has 4 N–H and O–H groups in total. The number of fused-ring (bicyclic) bond motifs is 1. The molecular weight excluding hydrogens is 357 g/mol. The van der Waals surface area contributed by atoms with Gasteiger partial charge in [-0.1, -0.05) is 6.92 Å². The van der Waals surface area contributed by atoms with Crippen LogP contribution in [0.5, 0.6) is 11.6 Å². The summed E-state index contributed by atoms with van der Waals surface area (Å²) in [6.07, 6.45) is -0.0951. The van der Waals surface area contributed by atoms with E-state index < -0.39 is 29.6 Å². The van der Waals surface area contributed by atoms with Crippen LogP contribution < -0.4 is 20.5 Å². The number of amides is 2. The van der Waals surface area contributed by atoms with Crippen LogP contribution >= 0.6 is 0 Å². The van der Waals surface area contributed by atoms with Crippen molar-refractivity contribution in [1.82, 2.24) is 10.3 Å². The number of carbonyl (C=O) groups is 2. The van der Waals surface area contributed by atoms with Crippen molar-refractivity contribution in [2.45, 2.75) is 25.2 Å². The zero-order valence-corrected chi connectivity index (χ0v) is 14.9. The Morgan fingerprint density at radius 1 is 1.48 bits per heavy atom. The van der Waals surface area contributed by atoms with Crippen LogP contribution in [-0.2, 0) is 4.79 Å². The number of carbonyl (C=O) groups excluding carboxylic acids is 2. The number of aromatic nitrogens is 1. The SMILES string of the molecule is CC[C@@H]1[C@H](F)C(=O)NC1(O)COc1nccc2cc(C(N)=O)c(OC)cc12. The molecule has 0 bridgehead atoms. The molecule has 0 spiro atoms. The Morgan fingerprint density at radius 3 is 2.85 bits per heavy atom. The number of alkyl halides is 1. The van der Waals surface area contributed by atoms with Crippen LogP contribution in [0, 0.1) is 5.92 Å². The molecule has 0 saturated carbocycles. The fourth-order valence-corrected chi connectivity index (χ4v) is 3.32. The molecule has 1 aromatic carbocycles. The van der Waals surface area contributed by atoms with E-state index >= 15 is 0 Å². The summed E-state index contributed by atoms with van der Waals surface area (Å²) in [4.78, 5) is 27.3. The zero-order chi connectivity index (χ0) is 19.8. The van der Waals surface area contributed by atoms with Gasteiger partial charge in [-0.2, -0.15) is 0 Å². The van der Waals surface area contributed by atoms with Crippen molar-refractivity contribution in [3.8, 4) is 11.6 Å². The maximum atomic E-state index is 14.0. The number of nitrogens with one attached hydrogen (secondary N) is 1. The fraction of sp³-hybridized carbons (Fsp3) is 0.389. The molecule has 3 rings (SSSR count). The number of ether oxygens (including phenoxy) is 2. The number of methoxy groups -OCH3 is 1. The molecule has 1 unspecified atom stereocenters. The molecular formula is C18H20FN3O5. The molecule has 144 valence electrons. The minimum atomic E-state index is -1.84. The van der Waals surface area contributed by atoms with Gasteiger partial charge in [0.2, 0.25) is 5.88 Å². The molecule has 2 aromatic rings. The van der Waals surface area contributed by atoms with Gasteiger partial charge in [0.15, 0.2) is 11.9 Å². The first-order valence-electron chi connectivity index (χ1n) is 8.38. The van der Waals surface area contributed by atoms with Crippen LogP contribution in [0.15, 0.2) is 24.4 Å². The van der Waals surface area contributed by atoms with Gasteiger partial charge in [0.05, 0.1) is 18.6 Å². The molecule has 2 heterocycles. The van der Waals surface area contributed by atoms with Crippen molar-refractivity contribution in [1.29, 1.82) is 0 Å². The minimum Gasteiger partial charge on any atom is -0.496 e. The molecule has 1 fully saturated rings. The standard InChI is InChI=1S/C18H20FN3O5/c1-3-12-14(19)16(24)22-18(12,25)8-27-17-10-7-13(26-2)11(15(20)23)6-9(10)4-5-21-17/h4-7,12,14,25H,3,8H2,1-2H3,(H2,20,23)(H,22,24)/t12-,14+,18?/m1/s1. The van der Waals surface area contributed by atoms with Gasteiger partial charge in [-0.3, -0.25) is 9.59 Å². The van der Waals surface area contributed by atoms with Gasteiger partial charge in [0.25, 0.3) is 11.8 Å². The molecule has 8 nitrogen and oxygen atoms in total. The second-order valence-electron chi connectivity index (χ2n) is 6.37. The summed E-state index contributed by atoms with van der Waals surface area (Å²) in [5.74, 6) is -2.06. The van der Waals surface area contributed by atoms with Crippen molar-refractivity contribution in [2.24, 2.45) is 11.7 Å².